The summed E-state index contributed by atoms with van der Waals surface area (Å²) >= 11 is 0. The number of guanidine groups is 1. The Hall–Kier alpha value is -1.06. The molecular formula is C9H19N3O. The Labute approximate surface area is 79.6 Å². The average molecular weight is 185 g/mol. The van der Waals surface area contributed by atoms with Gasteiger partial charge < -0.3 is 10.6 Å². The van der Waals surface area contributed by atoms with Crippen LogP contribution in [-0.4, -0.2) is 29.7 Å². The molecule has 13 heavy (non-hydrogen) atoms. The summed E-state index contributed by atoms with van der Waals surface area (Å²) in [7, 11) is 0. The molecule has 76 valence electrons. The van der Waals surface area contributed by atoms with Gasteiger partial charge >= 0.3 is 0 Å². The fraction of sp³-hybridized carbons (Fsp3) is 0.778. The second-order valence-corrected chi connectivity index (χ2v) is 3.14. The summed E-state index contributed by atoms with van der Waals surface area (Å²) in [5.41, 5.74) is 5.35. The number of hydrogen-bond donors (Lipinski definition) is 2. The first-order chi connectivity index (χ1) is 6.02. The zero-order chi connectivity index (χ0) is 10.4. The number of carbonyl (C=O) groups excluding carboxylic acids is 1. The van der Waals surface area contributed by atoms with Gasteiger partial charge in [0.05, 0.1) is 0 Å². The van der Waals surface area contributed by atoms with E-state index in [2.05, 4.69) is 0 Å². The summed E-state index contributed by atoms with van der Waals surface area (Å²) in [5, 5.41) is 7.25. The van der Waals surface area contributed by atoms with Gasteiger partial charge in [-0.15, -0.1) is 0 Å². The Morgan fingerprint density at radius 3 is 2.31 bits per heavy atom. The smallest absolute Gasteiger partial charge is 0.188 e. The minimum Gasteiger partial charge on any atom is -0.370 e. The van der Waals surface area contributed by atoms with Crippen molar-refractivity contribution in [3.05, 3.63) is 0 Å². The largest absolute Gasteiger partial charge is 0.370 e. The van der Waals surface area contributed by atoms with Gasteiger partial charge in [-0.1, -0.05) is 6.92 Å². The molecule has 0 amide bonds. The molecule has 0 rings (SSSR count). The van der Waals surface area contributed by atoms with Crippen molar-refractivity contribution >= 4 is 11.7 Å². The number of Topliss-reactive ketones (excluding diaryl/α,β-unsaturated/α-hetero) is 1. The van der Waals surface area contributed by atoms with Gasteiger partial charge in [0.2, 0.25) is 0 Å². The summed E-state index contributed by atoms with van der Waals surface area (Å²) in [6.07, 6.45) is 0.805. The van der Waals surface area contributed by atoms with E-state index in [1.807, 2.05) is 13.8 Å². The number of nitrogens with one attached hydrogen (secondary N) is 1. The lowest BCUT2D eigenvalue weighted by Gasteiger charge is -2.24. The van der Waals surface area contributed by atoms with Crippen LogP contribution in [0.15, 0.2) is 0 Å². The average Bonchev–Trinajstić information content (AvgIpc) is 2.05. The predicted molar refractivity (Wildman–Crippen MR) is 53.6 cm³/mol. The van der Waals surface area contributed by atoms with Crippen LogP contribution in [0.1, 0.15) is 27.2 Å². The van der Waals surface area contributed by atoms with Gasteiger partial charge in [0.1, 0.15) is 5.78 Å². The van der Waals surface area contributed by atoms with E-state index in [0.717, 1.165) is 6.42 Å². The molecule has 0 spiro atoms. The lowest BCUT2D eigenvalue weighted by atomic mass is 10.0. The van der Waals surface area contributed by atoms with Crippen molar-refractivity contribution in [1.82, 2.24) is 4.90 Å². The van der Waals surface area contributed by atoms with Crippen LogP contribution in [0.2, 0.25) is 0 Å². The van der Waals surface area contributed by atoms with Crippen LogP contribution in [-0.2, 0) is 4.79 Å². The molecule has 4 nitrogen and oxygen atoms in total. The zero-order valence-electron chi connectivity index (χ0n) is 8.63. The fourth-order valence-corrected chi connectivity index (χ4v) is 1.21. The second-order valence-electron chi connectivity index (χ2n) is 3.14. The molecule has 0 aromatic rings. The highest BCUT2D eigenvalue weighted by Gasteiger charge is 2.16. The van der Waals surface area contributed by atoms with E-state index in [1.54, 1.807) is 11.8 Å². The van der Waals surface area contributed by atoms with Crippen LogP contribution in [0.25, 0.3) is 0 Å². The zero-order valence-corrected chi connectivity index (χ0v) is 8.63. The van der Waals surface area contributed by atoms with E-state index in [1.165, 1.54) is 0 Å². The summed E-state index contributed by atoms with van der Waals surface area (Å²) in [6, 6.07) is 0. The van der Waals surface area contributed by atoms with E-state index >= 15 is 0 Å². The lowest BCUT2D eigenvalue weighted by Crippen LogP contribution is -2.40. The van der Waals surface area contributed by atoms with Crippen molar-refractivity contribution in [2.45, 2.75) is 27.2 Å². The van der Waals surface area contributed by atoms with Crippen molar-refractivity contribution in [2.75, 3.05) is 13.1 Å². The number of nitrogens with zero attached hydrogens (tertiary/aromatic N) is 1. The van der Waals surface area contributed by atoms with Crippen LogP contribution in [0.3, 0.4) is 0 Å². The van der Waals surface area contributed by atoms with Crippen LogP contribution in [0.4, 0.5) is 0 Å². The first-order valence-corrected chi connectivity index (χ1v) is 4.62. The topological polar surface area (TPSA) is 70.2 Å². The van der Waals surface area contributed by atoms with Crippen molar-refractivity contribution in [3.63, 3.8) is 0 Å². The Morgan fingerprint density at radius 1 is 1.54 bits per heavy atom. The summed E-state index contributed by atoms with van der Waals surface area (Å²) in [4.78, 5) is 12.8. The minimum absolute atomic E-state index is 0.00356. The Morgan fingerprint density at radius 2 is 2.08 bits per heavy atom. The molecule has 1 unspecified atom stereocenters. The van der Waals surface area contributed by atoms with E-state index < -0.39 is 0 Å². The molecule has 0 saturated heterocycles. The quantitative estimate of drug-likeness (QED) is 0.492. The maximum Gasteiger partial charge on any atom is 0.188 e. The molecule has 0 aromatic carbocycles. The van der Waals surface area contributed by atoms with E-state index in [0.29, 0.717) is 13.1 Å². The second kappa shape index (κ2) is 5.56. The Bertz CT molecular complexity index is 171. The van der Waals surface area contributed by atoms with Gasteiger partial charge in [-0.2, -0.15) is 0 Å². The van der Waals surface area contributed by atoms with Crippen LogP contribution >= 0.6 is 0 Å². The summed E-state index contributed by atoms with van der Waals surface area (Å²) < 4.78 is 0. The molecular weight excluding hydrogens is 166 g/mol. The van der Waals surface area contributed by atoms with Crippen LogP contribution in [0, 0.1) is 11.3 Å². The fourth-order valence-electron chi connectivity index (χ4n) is 1.21. The van der Waals surface area contributed by atoms with Crippen molar-refractivity contribution < 1.29 is 4.79 Å². The molecule has 0 aromatic heterocycles. The molecule has 0 fully saturated rings. The molecule has 0 saturated carbocycles. The highest BCUT2D eigenvalue weighted by Crippen LogP contribution is 2.06. The summed E-state index contributed by atoms with van der Waals surface area (Å²) in [5.74, 6) is 0.216. The van der Waals surface area contributed by atoms with Gasteiger partial charge in [-0.25, -0.2) is 0 Å². The molecule has 0 bridgehead atoms. The molecule has 3 N–H and O–H groups in total. The maximum atomic E-state index is 11.1. The number of nitrogens with two attached hydrogens (primary N) is 1. The van der Waals surface area contributed by atoms with Crippen molar-refractivity contribution in [2.24, 2.45) is 11.7 Å². The highest BCUT2D eigenvalue weighted by molar-refractivity contribution is 5.80. The number of rotatable bonds is 5. The standard InChI is InChI=1S/C9H19N3O/c1-4-8(7(3)13)6-12(5-2)9(10)11/h8H,4-6H2,1-3H3,(H3,10,11). The van der Waals surface area contributed by atoms with Crippen molar-refractivity contribution in [3.8, 4) is 0 Å². The molecule has 0 aliphatic heterocycles. The molecule has 0 heterocycles. The third-order valence-electron chi connectivity index (χ3n) is 2.23. The number of hydrogen-bond acceptors (Lipinski definition) is 2. The molecule has 0 aliphatic rings. The maximum absolute atomic E-state index is 11.1. The first-order valence-electron chi connectivity index (χ1n) is 4.62. The van der Waals surface area contributed by atoms with E-state index in [4.69, 9.17) is 11.1 Å². The Kier molecular flexibility index (Phi) is 5.11. The van der Waals surface area contributed by atoms with E-state index in [-0.39, 0.29) is 17.7 Å². The van der Waals surface area contributed by atoms with Crippen LogP contribution < -0.4 is 5.73 Å². The monoisotopic (exact) mass is 185 g/mol. The van der Waals surface area contributed by atoms with Gasteiger partial charge in [-0.05, 0) is 20.3 Å². The molecule has 0 aliphatic carbocycles. The molecule has 4 heteroatoms. The number of carbonyl (C=O) groups is 1. The third-order valence-corrected chi connectivity index (χ3v) is 2.23. The minimum atomic E-state index is 0.00356. The third kappa shape index (κ3) is 3.92. The highest BCUT2D eigenvalue weighted by atomic mass is 16.1. The number of ketones is 1. The van der Waals surface area contributed by atoms with Crippen molar-refractivity contribution in [1.29, 1.82) is 5.41 Å². The SMILES string of the molecule is CCC(CN(CC)C(=N)N)C(C)=O. The normalized spacial score (nSPS) is 12.2. The van der Waals surface area contributed by atoms with Crippen LogP contribution in [0.5, 0.6) is 0 Å². The lowest BCUT2D eigenvalue weighted by molar-refractivity contribution is -0.121. The van der Waals surface area contributed by atoms with E-state index in [9.17, 15) is 4.79 Å². The van der Waals surface area contributed by atoms with Gasteiger partial charge in [0.15, 0.2) is 5.96 Å². The molecule has 1 atom stereocenters. The van der Waals surface area contributed by atoms with Gasteiger partial charge in [-0.3, -0.25) is 10.2 Å². The summed E-state index contributed by atoms with van der Waals surface area (Å²) in [6.45, 7) is 6.73. The first kappa shape index (κ1) is 11.9. The Balaban J connectivity index is 4.19. The predicted octanol–water partition coefficient (Wildman–Crippen LogP) is 0.817. The van der Waals surface area contributed by atoms with Gasteiger partial charge in [0.25, 0.3) is 0 Å². The molecule has 0 radical (unpaired) electrons. The van der Waals surface area contributed by atoms with Gasteiger partial charge in [0, 0.05) is 19.0 Å².